The number of thiophene rings is 1. The van der Waals surface area contributed by atoms with E-state index in [-0.39, 0.29) is 24.7 Å². The molecule has 3 heterocycles. The van der Waals surface area contributed by atoms with Gasteiger partial charge in [-0.3, -0.25) is 14.5 Å². The summed E-state index contributed by atoms with van der Waals surface area (Å²) in [5, 5.41) is 11.2. The van der Waals surface area contributed by atoms with Crippen molar-refractivity contribution in [3.63, 3.8) is 0 Å². The zero-order valence-electron chi connectivity index (χ0n) is 19.1. The van der Waals surface area contributed by atoms with Gasteiger partial charge in [-0.1, -0.05) is 13.8 Å². The maximum atomic E-state index is 12.9. The first-order valence-electron chi connectivity index (χ1n) is 11.5. The minimum absolute atomic E-state index is 0.0771. The molecule has 33 heavy (non-hydrogen) atoms. The number of hydrogen-bond acceptors (Lipinski definition) is 8. The number of fused-ring (bicyclic) bond motifs is 3. The standard InChI is InChI=1S/C24H31N3O5S/c1-3-5-21(29)32-14-16(28)11-27(12-17-6-4-9-31-17)13-20-25-23(30)22-18-8-7-15(2)10-19(18)33-24(22)26-20/h4,6,9,15-16,28H,3,5,7-8,10-14H2,1-2H3,(H,25,26,30)/t15-,16+/m0/s1. The van der Waals surface area contributed by atoms with Gasteiger partial charge in [0, 0.05) is 17.8 Å². The summed E-state index contributed by atoms with van der Waals surface area (Å²) in [6.07, 6.45) is 4.78. The van der Waals surface area contributed by atoms with Gasteiger partial charge in [0.15, 0.2) is 0 Å². The molecule has 0 bridgehead atoms. The fraction of sp³-hybridized carbons (Fsp3) is 0.542. The second kappa shape index (κ2) is 10.6. The topological polar surface area (TPSA) is 109 Å². The number of nitrogens with one attached hydrogen (secondary N) is 1. The molecule has 0 aliphatic heterocycles. The number of hydrogen-bond donors (Lipinski definition) is 2. The number of aromatic amines is 1. The Labute approximate surface area is 196 Å². The molecule has 0 spiro atoms. The largest absolute Gasteiger partial charge is 0.468 e. The molecule has 0 aromatic carbocycles. The van der Waals surface area contributed by atoms with Gasteiger partial charge in [-0.05, 0) is 49.3 Å². The highest BCUT2D eigenvalue weighted by Crippen LogP contribution is 2.35. The van der Waals surface area contributed by atoms with Gasteiger partial charge in [-0.25, -0.2) is 4.98 Å². The number of aliphatic hydroxyl groups is 1. The molecule has 2 atom stereocenters. The van der Waals surface area contributed by atoms with Crippen molar-refractivity contribution in [2.75, 3.05) is 13.2 Å². The number of carbonyl (C=O) groups excluding carboxylic acids is 1. The minimum atomic E-state index is -0.869. The summed E-state index contributed by atoms with van der Waals surface area (Å²) >= 11 is 1.62. The average molecular weight is 474 g/mol. The van der Waals surface area contributed by atoms with Crippen LogP contribution in [0, 0.1) is 5.92 Å². The number of ether oxygens (including phenoxy) is 1. The average Bonchev–Trinajstić information content (AvgIpc) is 3.39. The van der Waals surface area contributed by atoms with E-state index < -0.39 is 6.10 Å². The Morgan fingerprint density at radius 2 is 2.30 bits per heavy atom. The Balaban J connectivity index is 1.51. The third kappa shape index (κ3) is 5.90. The van der Waals surface area contributed by atoms with Crippen LogP contribution in [0.15, 0.2) is 27.6 Å². The van der Waals surface area contributed by atoms with Gasteiger partial charge in [0.1, 0.15) is 29.1 Å². The van der Waals surface area contributed by atoms with E-state index in [9.17, 15) is 14.7 Å². The molecule has 4 rings (SSSR count). The number of H-pyrrole nitrogens is 1. The summed E-state index contributed by atoms with van der Waals surface area (Å²) in [6.45, 7) is 5.05. The summed E-state index contributed by atoms with van der Waals surface area (Å²) in [5.74, 6) is 1.58. The van der Waals surface area contributed by atoms with Crippen molar-refractivity contribution in [3.05, 3.63) is 50.8 Å². The maximum absolute atomic E-state index is 12.9. The van der Waals surface area contributed by atoms with Crippen LogP contribution in [0.25, 0.3) is 10.2 Å². The van der Waals surface area contributed by atoms with Crippen LogP contribution in [0.1, 0.15) is 55.1 Å². The third-order valence-electron chi connectivity index (χ3n) is 5.91. The molecule has 9 heteroatoms. The summed E-state index contributed by atoms with van der Waals surface area (Å²) in [4.78, 5) is 36.3. The van der Waals surface area contributed by atoms with Gasteiger partial charge in [-0.2, -0.15) is 0 Å². The Hall–Kier alpha value is -2.49. The summed E-state index contributed by atoms with van der Waals surface area (Å²) in [7, 11) is 0. The number of nitrogens with zero attached hydrogens (tertiary/aromatic N) is 2. The third-order valence-corrected chi connectivity index (χ3v) is 7.06. The molecule has 1 aliphatic carbocycles. The van der Waals surface area contributed by atoms with Crippen LogP contribution in [0.5, 0.6) is 0 Å². The molecule has 0 fully saturated rings. The van der Waals surface area contributed by atoms with Crippen molar-refractivity contribution in [2.24, 2.45) is 5.92 Å². The fourth-order valence-corrected chi connectivity index (χ4v) is 5.71. The number of furan rings is 1. The van der Waals surface area contributed by atoms with Crippen LogP contribution in [0.4, 0.5) is 0 Å². The van der Waals surface area contributed by atoms with Gasteiger partial charge >= 0.3 is 5.97 Å². The fourth-order valence-electron chi connectivity index (χ4n) is 4.30. The molecule has 3 aromatic heterocycles. The lowest BCUT2D eigenvalue weighted by Gasteiger charge is -2.23. The van der Waals surface area contributed by atoms with Crippen molar-refractivity contribution < 1.29 is 19.1 Å². The number of esters is 1. The van der Waals surface area contributed by atoms with Crippen LogP contribution in [0.2, 0.25) is 0 Å². The van der Waals surface area contributed by atoms with E-state index in [1.165, 1.54) is 4.88 Å². The predicted octanol–water partition coefficient (Wildman–Crippen LogP) is 3.41. The first-order chi connectivity index (χ1) is 15.9. The molecule has 0 radical (unpaired) electrons. The zero-order chi connectivity index (χ0) is 23.4. The van der Waals surface area contributed by atoms with E-state index in [1.54, 1.807) is 23.7 Å². The molecule has 0 unspecified atom stereocenters. The Morgan fingerprint density at radius 3 is 3.06 bits per heavy atom. The normalized spacial score (nSPS) is 16.8. The Morgan fingerprint density at radius 1 is 1.45 bits per heavy atom. The van der Waals surface area contributed by atoms with Gasteiger partial charge in [0.25, 0.3) is 5.56 Å². The SMILES string of the molecule is CCCC(=O)OC[C@H](O)CN(Cc1nc2sc3c(c2c(=O)[nH]1)CC[C@H](C)C3)Cc1ccco1. The zero-order valence-corrected chi connectivity index (χ0v) is 20.0. The lowest BCUT2D eigenvalue weighted by Crippen LogP contribution is -2.35. The Bertz CT molecular complexity index is 1140. The van der Waals surface area contributed by atoms with Gasteiger partial charge in [0.2, 0.25) is 0 Å². The highest BCUT2D eigenvalue weighted by molar-refractivity contribution is 7.18. The van der Waals surface area contributed by atoms with Crippen molar-refractivity contribution in [3.8, 4) is 0 Å². The summed E-state index contributed by atoms with van der Waals surface area (Å²) in [6, 6.07) is 3.66. The molecule has 3 aromatic rings. The molecule has 2 N–H and O–H groups in total. The lowest BCUT2D eigenvalue weighted by atomic mass is 9.89. The van der Waals surface area contributed by atoms with Crippen molar-refractivity contribution in [1.29, 1.82) is 0 Å². The first kappa shape index (κ1) is 23.7. The maximum Gasteiger partial charge on any atom is 0.305 e. The number of aliphatic hydroxyl groups excluding tert-OH is 1. The van der Waals surface area contributed by atoms with Crippen molar-refractivity contribution in [2.45, 2.75) is 65.1 Å². The van der Waals surface area contributed by atoms with Crippen molar-refractivity contribution >= 4 is 27.5 Å². The van der Waals surface area contributed by atoms with Crippen LogP contribution in [0.3, 0.4) is 0 Å². The monoisotopic (exact) mass is 473 g/mol. The van der Waals surface area contributed by atoms with E-state index in [0.717, 1.165) is 40.8 Å². The number of aromatic nitrogens is 2. The van der Waals surface area contributed by atoms with Gasteiger partial charge in [-0.15, -0.1) is 11.3 Å². The lowest BCUT2D eigenvalue weighted by molar-refractivity contribution is -0.147. The van der Waals surface area contributed by atoms with Crippen LogP contribution in [-0.2, 0) is 35.5 Å². The summed E-state index contributed by atoms with van der Waals surface area (Å²) < 4.78 is 10.6. The minimum Gasteiger partial charge on any atom is -0.468 e. The van der Waals surface area contributed by atoms with Crippen LogP contribution < -0.4 is 5.56 Å². The molecular weight excluding hydrogens is 442 g/mol. The molecule has 1 aliphatic rings. The number of aryl methyl sites for hydroxylation is 1. The second-order valence-electron chi connectivity index (χ2n) is 8.88. The highest BCUT2D eigenvalue weighted by atomic mass is 32.1. The highest BCUT2D eigenvalue weighted by Gasteiger charge is 2.24. The second-order valence-corrected chi connectivity index (χ2v) is 9.96. The molecule has 0 saturated carbocycles. The Kier molecular flexibility index (Phi) is 7.62. The number of rotatable bonds is 10. The van der Waals surface area contributed by atoms with E-state index in [1.807, 2.05) is 17.9 Å². The predicted molar refractivity (Wildman–Crippen MR) is 126 cm³/mol. The summed E-state index contributed by atoms with van der Waals surface area (Å²) in [5.41, 5.74) is 1.05. The van der Waals surface area contributed by atoms with Crippen molar-refractivity contribution in [1.82, 2.24) is 14.9 Å². The van der Waals surface area contributed by atoms with Crippen LogP contribution in [-0.4, -0.2) is 45.2 Å². The molecule has 8 nitrogen and oxygen atoms in total. The molecule has 178 valence electrons. The first-order valence-corrected chi connectivity index (χ1v) is 12.4. The smallest absolute Gasteiger partial charge is 0.305 e. The van der Waals surface area contributed by atoms with E-state index in [2.05, 4.69) is 11.9 Å². The quantitative estimate of drug-likeness (QED) is 0.434. The van der Waals surface area contributed by atoms with E-state index >= 15 is 0 Å². The molecular formula is C24H31N3O5S. The molecule has 0 saturated heterocycles. The van der Waals surface area contributed by atoms with Gasteiger partial charge in [0.05, 0.1) is 24.7 Å². The van der Waals surface area contributed by atoms with Gasteiger partial charge < -0.3 is 19.2 Å². The number of carbonyl (C=O) groups is 1. The van der Waals surface area contributed by atoms with E-state index in [0.29, 0.717) is 37.7 Å². The van der Waals surface area contributed by atoms with E-state index in [4.69, 9.17) is 14.1 Å². The van der Waals surface area contributed by atoms with Crippen LogP contribution >= 0.6 is 11.3 Å². The molecule has 0 amide bonds.